The first kappa shape index (κ1) is 19.3. The molecule has 0 aliphatic carbocycles. The number of hydrogen-bond donors (Lipinski definition) is 2. The molecule has 150 valence electrons. The van der Waals surface area contributed by atoms with Crippen LogP contribution >= 0.6 is 11.6 Å². The number of H-pyrrole nitrogens is 2. The van der Waals surface area contributed by atoms with Crippen LogP contribution in [0.5, 0.6) is 0 Å². The number of pyridine rings is 2. The van der Waals surface area contributed by atoms with Crippen LogP contribution in [0.2, 0.25) is 5.02 Å². The Bertz CT molecular complexity index is 1270. The molecular weight excluding hydrogens is 408 g/mol. The zero-order valence-corrected chi connectivity index (χ0v) is 15.8. The summed E-state index contributed by atoms with van der Waals surface area (Å²) in [6.45, 7) is 0.114. The average molecular weight is 422 g/mol. The lowest BCUT2D eigenvalue weighted by Gasteiger charge is -2.33. The first-order chi connectivity index (χ1) is 13.8. The molecule has 2 N–H and O–H groups in total. The van der Waals surface area contributed by atoms with Crippen LogP contribution in [0.4, 0.5) is 8.78 Å². The van der Waals surface area contributed by atoms with Crippen molar-refractivity contribution in [2.24, 2.45) is 0 Å². The highest BCUT2D eigenvalue weighted by Crippen LogP contribution is 2.34. The Morgan fingerprint density at radius 1 is 1.14 bits per heavy atom. The fourth-order valence-corrected chi connectivity index (χ4v) is 3.57. The van der Waals surface area contributed by atoms with E-state index in [0.717, 1.165) is 12.1 Å². The molecule has 1 aliphatic rings. The van der Waals surface area contributed by atoms with Crippen LogP contribution < -0.4 is 11.1 Å². The monoisotopic (exact) mass is 421 g/mol. The summed E-state index contributed by atoms with van der Waals surface area (Å²) < 4.78 is 33.1. The third-order valence-corrected chi connectivity index (χ3v) is 5.22. The molecule has 1 aliphatic heterocycles. The second kappa shape index (κ2) is 7.09. The number of halogens is 3. The van der Waals surface area contributed by atoms with Crippen LogP contribution in [0.15, 0.2) is 33.9 Å². The van der Waals surface area contributed by atoms with E-state index in [1.165, 1.54) is 24.1 Å². The topological polar surface area (TPSA) is 95.3 Å². The highest BCUT2D eigenvalue weighted by atomic mass is 35.5. The van der Waals surface area contributed by atoms with Gasteiger partial charge in [0.2, 0.25) is 0 Å². The molecule has 1 aromatic carbocycles. The molecule has 1 atom stereocenters. The second-order valence-electron chi connectivity index (χ2n) is 6.65. The summed E-state index contributed by atoms with van der Waals surface area (Å²) in [5.74, 6) is -2.79. The van der Waals surface area contributed by atoms with Crippen LogP contribution in [0.1, 0.15) is 27.8 Å². The van der Waals surface area contributed by atoms with E-state index < -0.39 is 34.7 Å². The van der Waals surface area contributed by atoms with Crippen molar-refractivity contribution in [2.45, 2.75) is 12.6 Å². The Balaban J connectivity index is 1.85. The van der Waals surface area contributed by atoms with Gasteiger partial charge in [-0.1, -0.05) is 11.6 Å². The molecule has 0 spiro atoms. The van der Waals surface area contributed by atoms with Crippen molar-refractivity contribution in [2.75, 3.05) is 13.7 Å². The van der Waals surface area contributed by atoms with Crippen molar-refractivity contribution >= 4 is 28.3 Å². The van der Waals surface area contributed by atoms with Crippen LogP contribution in [0.25, 0.3) is 10.8 Å². The summed E-state index contributed by atoms with van der Waals surface area (Å²) in [6.07, 6.45) is 0. The van der Waals surface area contributed by atoms with E-state index in [4.69, 9.17) is 16.3 Å². The lowest BCUT2D eigenvalue weighted by atomic mass is 9.95. The minimum atomic E-state index is -1.14. The van der Waals surface area contributed by atoms with E-state index in [9.17, 15) is 23.2 Å². The predicted octanol–water partition coefficient (Wildman–Crippen LogP) is 2.49. The SMILES string of the molecule is CN(C(=O)c1ccc(Cl)c(=O)[nH]1)[C@H]1COCc2[nH]c(=O)c3cc(F)c(F)cc3c21. The van der Waals surface area contributed by atoms with Gasteiger partial charge in [-0.25, -0.2) is 8.78 Å². The summed E-state index contributed by atoms with van der Waals surface area (Å²) in [5, 5.41) is 0.104. The average Bonchev–Trinajstić information content (AvgIpc) is 2.70. The molecule has 0 fully saturated rings. The molecule has 0 radical (unpaired) electrons. The number of amides is 1. The maximum Gasteiger partial charge on any atom is 0.270 e. The van der Waals surface area contributed by atoms with Gasteiger partial charge in [-0.05, 0) is 29.7 Å². The zero-order valence-electron chi connectivity index (χ0n) is 15.0. The third kappa shape index (κ3) is 3.22. The Labute approximate surface area is 166 Å². The largest absolute Gasteiger partial charge is 0.373 e. The molecule has 0 bridgehead atoms. The van der Waals surface area contributed by atoms with Gasteiger partial charge < -0.3 is 19.6 Å². The standard InChI is InChI=1S/C19H14ClF2N3O4/c1-25(19(28)13-3-2-10(20)18(27)23-13)15-7-29-6-14-16(15)8-4-11(21)12(22)5-9(8)17(26)24-14/h2-5,15H,6-7H2,1H3,(H,23,27)(H,24,26)/t15-/m0/s1. The summed E-state index contributed by atoms with van der Waals surface area (Å²) in [4.78, 5) is 43.2. The third-order valence-electron chi connectivity index (χ3n) is 4.92. The number of carbonyl (C=O) groups excluding carboxylic acids is 1. The number of fused-ring (bicyclic) bond motifs is 3. The van der Waals surface area contributed by atoms with Crippen LogP contribution in [0, 0.1) is 11.6 Å². The molecule has 2 aromatic heterocycles. The van der Waals surface area contributed by atoms with E-state index in [1.54, 1.807) is 0 Å². The Morgan fingerprint density at radius 2 is 1.83 bits per heavy atom. The molecule has 3 heterocycles. The fraction of sp³-hybridized carbons (Fsp3) is 0.211. The van der Waals surface area contributed by atoms with Gasteiger partial charge in [0.25, 0.3) is 17.0 Å². The summed E-state index contributed by atoms with van der Waals surface area (Å²) in [7, 11) is 1.48. The summed E-state index contributed by atoms with van der Waals surface area (Å²) in [6, 6.07) is 3.73. The van der Waals surface area contributed by atoms with Crippen LogP contribution in [-0.4, -0.2) is 34.4 Å². The normalized spacial score (nSPS) is 15.9. The number of nitrogens with zero attached hydrogens (tertiary/aromatic N) is 1. The van der Waals surface area contributed by atoms with Crippen molar-refractivity contribution in [3.63, 3.8) is 0 Å². The maximum atomic E-state index is 13.9. The molecule has 1 amide bonds. The maximum absolute atomic E-state index is 13.9. The van der Waals surface area contributed by atoms with E-state index in [2.05, 4.69) is 9.97 Å². The van der Waals surface area contributed by atoms with Gasteiger partial charge in [-0.2, -0.15) is 0 Å². The Kier molecular flexibility index (Phi) is 4.71. The second-order valence-corrected chi connectivity index (χ2v) is 7.06. The fourth-order valence-electron chi connectivity index (χ4n) is 3.46. The summed E-state index contributed by atoms with van der Waals surface area (Å²) >= 11 is 5.70. The van der Waals surface area contributed by atoms with E-state index in [1.807, 2.05) is 0 Å². The van der Waals surface area contributed by atoms with Crippen LogP contribution in [-0.2, 0) is 11.3 Å². The van der Waals surface area contributed by atoms with Crippen molar-refractivity contribution in [3.8, 4) is 0 Å². The van der Waals surface area contributed by atoms with Crippen molar-refractivity contribution in [1.29, 1.82) is 0 Å². The number of carbonyl (C=O) groups is 1. The van der Waals surface area contributed by atoms with Gasteiger partial charge in [-0.3, -0.25) is 14.4 Å². The lowest BCUT2D eigenvalue weighted by Crippen LogP contribution is -2.38. The molecule has 0 saturated carbocycles. The first-order valence-corrected chi connectivity index (χ1v) is 8.93. The van der Waals surface area contributed by atoms with E-state index >= 15 is 0 Å². The number of ether oxygens (including phenoxy) is 1. The zero-order chi connectivity index (χ0) is 20.9. The molecule has 0 saturated heterocycles. The summed E-state index contributed by atoms with van der Waals surface area (Å²) in [5.41, 5.74) is -0.373. The molecule has 0 unspecified atom stereocenters. The van der Waals surface area contributed by atoms with Crippen molar-refractivity contribution < 1.29 is 18.3 Å². The number of rotatable bonds is 2. The molecule has 4 rings (SSSR count). The van der Waals surface area contributed by atoms with Gasteiger partial charge in [0.15, 0.2) is 11.6 Å². The molecule has 7 nitrogen and oxygen atoms in total. The van der Waals surface area contributed by atoms with Crippen molar-refractivity contribution in [1.82, 2.24) is 14.9 Å². The number of hydrogen-bond acceptors (Lipinski definition) is 4. The molecule has 10 heteroatoms. The van der Waals surface area contributed by atoms with E-state index in [-0.39, 0.29) is 34.7 Å². The van der Waals surface area contributed by atoms with E-state index in [0.29, 0.717) is 11.3 Å². The number of aromatic nitrogens is 2. The smallest absolute Gasteiger partial charge is 0.270 e. The minimum Gasteiger partial charge on any atom is -0.373 e. The van der Waals surface area contributed by atoms with Gasteiger partial charge in [0.05, 0.1) is 24.6 Å². The molecule has 3 aromatic rings. The van der Waals surface area contributed by atoms with Gasteiger partial charge in [0.1, 0.15) is 10.7 Å². The molecular formula is C19H14ClF2N3O4. The number of aromatic amines is 2. The van der Waals surface area contributed by atoms with Crippen molar-refractivity contribution in [3.05, 3.63) is 78.6 Å². The highest BCUT2D eigenvalue weighted by molar-refractivity contribution is 6.30. The first-order valence-electron chi connectivity index (χ1n) is 8.55. The highest BCUT2D eigenvalue weighted by Gasteiger charge is 2.31. The minimum absolute atomic E-state index is 0.0000198. The Morgan fingerprint density at radius 3 is 2.52 bits per heavy atom. The number of benzene rings is 1. The van der Waals surface area contributed by atoms with Crippen LogP contribution in [0.3, 0.4) is 0 Å². The molecule has 29 heavy (non-hydrogen) atoms. The van der Waals surface area contributed by atoms with Gasteiger partial charge in [0, 0.05) is 18.3 Å². The Hall–Kier alpha value is -3.04. The number of nitrogens with one attached hydrogen (secondary N) is 2. The quantitative estimate of drug-likeness (QED) is 0.664. The number of likely N-dealkylation sites (N-methyl/N-ethyl adjacent to an activating group) is 1. The van der Waals surface area contributed by atoms with Gasteiger partial charge >= 0.3 is 0 Å². The lowest BCUT2D eigenvalue weighted by molar-refractivity contribution is 0.0332. The van der Waals surface area contributed by atoms with Gasteiger partial charge in [-0.15, -0.1) is 0 Å². The predicted molar refractivity (Wildman–Crippen MR) is 101 cm³/mol.